The van der Waals surface area contributed by atoms with Crippen molar-refractivity contribution in [1.29, 1.82) is 0 Å². The summed E-state index contributed by atoms with van der Waals surface area (Å²) in [5.41, 5.74) is -0.339. The van der Waals surface area contributed by atoms with E-state index in [1.165, 1.54) is 35.9 Å². The molecule has 0 amide bonds. The first-order valence-electron chi connectivity index (χ1n) is 7.92. The van der Waals surface area contributed by atoms with Gasteiger partial charge >= 0.3 is 6.18 Å². The van der Waals surface area contributed by atoms with Crippen molar-refractivity contribution >= 4 is 41.7 Å². The summed E-state index contributed by atoms with van der Waals surface area (Å²) in [6, 6.07) is 8.70. The zero-order chi connectivity index (χ0) is 21.6. The highest BCUT2D eigenvalue weighted by molar-refractivity contribution is 9.11. The lowest BCUT2D eigenvalue weighted by Crippen LogP contribution is -2.05. The number of hydrogen-bond acceptors (Lipinski definition) is 4. The molecule has 0 aliphatic heterocycles. The number of rotatable bonds is 4. The molecule has 0 radical (unpaired) electrons. The third-order valence-electron chi connectivity index (χ3n) is 4.00. The normalized spacial score (nSPS) is 12.2. The highest BCUT2D eigenvalue weighted by Crippen LogP contribution is 2.39. The van der Waals surface area contributed by atoms with Crippen LogP contribution in [-0.4, -0.2) is 31.3 Å². The Labute approximate surface area is 181 Å². The number of methoxy groups -OCH3 is 1. The Kier molecular flexibility index (Phi) is 5.85. The van der Waals surface area contributed by atoms with Gasteiger partial charge in [0.25, 0.3) is 0 Å². The van der Waals surface area contributed by atoms with E-state index in [-0.39, 0.29) is 10.7 Å². The third-order valence-corrected chi connectivity index (χ3v) is 6.31. The summed E-state index contributed by atoms with van der Waals surface area (Å²) in [6.07, 6.45) is -2.72. The van der Waals surface area contributed by atoms with Gasteiger partial charge in [0.1, 0.15) is 11.6 Å². The van der Waals surface area contributed by atoms with E-state index in [9.17, 15) is 21.6 Å². The highest BCUT2D eigenvalue weighted by atomic mass is 79.9. The van der Waals surface area contributed by atoms with Gasteiger partial charge in [-0.1, -0.05) is 0 Å². The molecule has 11 heteroatoms. The minimum atomic E-state index is -4.65. The number of nitrogens with zero attached hydrogens (tertiary/aromatic N) is 2. The Hall–Kier alpha value is -1.85. The molecule has 3 rings (SSSR count). The summed E-state index contributed by atoms with van der Waals surface area (Å²) in [5.74, 6) is 0.522. The van der Waals surface area contributed by atoms with E-state index < -0.39 is 21.7 Å². The molecule has 1 aromatic heterocycles. The van der Waals surface area contributed by atoms with Crippen molar-refractivity contribution in [2.45, 2.75) is 11.1 Å². The number of halogens is 5. The molecule has 0 atom stereocenters. The lowest BCUT2D eigenvalue weighted by molar-refractivity contribution is -0.140. The van der Waals surface area contributed by atoms with Crippen LogP contribution in [0.25, 0.3) is 17.1 Å². The van der Waals surface area contributed by atoms with Crippen LogP contribution in [0.15, 0.2) is 56.4 Å². The van der Waals surface area contributed by atoms with Gasteiger partial charge in [0.05, 0.1) is 21.0 Å². The van der Waals surface area contributed by atoms with Crippen LogP contribution in [0, 0.1) is 0 Å². The molecule has 0 spiro atoms. The largest absolute Gasteiger partial charge is 0.494 e. The topological polar surface area (TPSA) is 61.2 Å². The summed E-state index contributed by atoms with van der Waals surface area (Å²) >= 11 is 6.67. The summed E-state index contributed by atoms with van der Waals surface area (Å²) in [6.45, 7) is 0. The molecule has 5 nitrogen and oxygen atoms in total. The summed E-state index contributed by atoms with van der Waals surface area (Å²) in [4.78, 5) is 3.84. The first kappa shape index (κ1) is 21.8. The van der Waals surface area contributed by atoms with Crippen LogP contribution in [-0.2, 0) is 16.0 Å². The van der Waals surface area contributed by atoms with Crippen molar-refractivity contribution in [3.05, 3.63) is 57.2 Å². The molecule has 0 bridgehead atoms. The molecular formula is C18H13Br2F3N2O3S. The molecule has 2 aromatic carbocycles. The van der Waals surface area contributed by atoms with E-state index >= 15 is 0 Å². The van der Waals surface area contributed by atoms with E-state index in [1.54, 1.807) is 12.1 Å². The second-order valence-electron chi connectivity index (χ2n) is 6.06. The number of hydrogen-bond donors (Lipinski definition) is 0. The average molecular weight is 554 g/mol. The Morgan fingerprint density at radius 2 is 1.62 bits per heavy atom. The smallest absolute Gasteiger partial charge is 0.434 e. The Balaban J connectivity index is 2.22. The van der Waals surface area contributed by atoms with Crippen LogP contribution in [0.4, 0.5) is 13.2 Å². The first-order valence-corrected chi connectivity index (χ1v) is 11.4. The molecule has 154 valence electrons. The summed E-state index contributed by atoms with van der Waals surface area (Å²) in [7, 11) is -1.96. The molecule has 29 heavy (non-hydrogen) atoms. The van der Waals surface area contributed by atoms with Gasteiger partial charge in [0.15, 0.2) is 15.5 Å². The average Bonchev–Trinajstić information content (AvgIpc) is 3.06. The van der Waals surface area contributed by atoms with Crippen molar-refractivity contribution in [1.82, 2.24) is 9.55 Å². The fourth-order valence-corrected chi connectivity index (χ4v) is 4.80. The summed E-state index contributed by atoms with van der Waals surface area (Å²) in [5, 5.41) is 0. The number of imidazole rings is 1. The van der Waals surface area contributed by atoms with Crippen molar-refractivity contribution < 1.29 is 26.3 Å². The molecule has 0 aliphatic carbocycles. The fourth-order valence-electron chi connectivity index (χ4n) is 2.66. The number of alkyl halides is 3. The van der Waals surface area contributed by atoms with Crippen molar-refractivity contribution in [3.8, 4) is 22.8 Å². The molecule has 3 aromatic rings. The number of sulfone groups is 1. The zero-order valence-corrected chi connectivity index (χ0v) is 18.9. The predicted molar refractivity (Wildman–Crippen MR) is 109 cm³/mol. The van der Waals surface area contributed by atoms with Gasteiger partial charge in [-0.3, -0.25) is 4.57 Å². The van der Waals surface area contributed by atoms with E-state index in [1.807, 2.05) is 0 Å². The lowest BCUT2D eigenvalue weighted by atomic mass is 10.2. The molecule has 0 fully saturated rings. The molecule has 0 saturated carbocycles. The van der Waals surface area contributed by atoms with Crippen LogP contribution >= 0.6 is 31.9 Å². The van der Waals surface area contributed by atoms with Crippen LogP contribution < -0.4 is 4.74 Å². The number of aromatic nitrogens is 2. The monoisotopic (exact) mass is 552 g/mol. The van der Waals surface area contributed by atoms with Gasteiger partial charge < -0.3 is 4.74 Å². The Morgan fingerprint density at radius 3 is 2.07 bits per heavy atom. The van der Waals surface area contributed by atoms with E-state index in [0.29, 0.717) is 25.9 Å². The lowest BCUT2D eigenvalue weighted by Gasteiger charge is -2.12. The van der Waals surface area contributed by atoms with E-state index in [2.05, 4.69) is 36.8 Å². The van der Waals surface area contributed by atoms with Crippen LogP contribution in [0.3, 0.4) is 0 Å². The van der Waals surface area contributed by atoms with Crippen molar-refractivity contribution in [2.24, 2.45) is 0 Å². The van der Waals surface area contributed by atoms with Crippen LogP contribution in [0.5, 0.6) is 5.75 Å². The van der Waals surface area contributed by atoms with Gasteiger partial charge in [-0.05, 0) is 68.3 Å². The standard InChI is InChI=1S/C18H13Br2F3N2O3S/c1-28-16-13(19)7-10(8-14(16)20)17-24-15(18(21,22)23)9-25(17)11-3-5-12(6-4-11)29(2,26)27/h3-9H,1-2H3. The Morgan fingerprint density at radius 1 is 1.07 bits per heavy atom. The number of benzene rings is 2. The Bertz CT molecular complexity index is 1150. The molecular weight excluding hydrogens is 541 g/mol. The minimum absolute atomic E-state index is 0.0356. The SMILES string of the molecule is COc1c(Br)cc(-c2nc(C(F)(F)F)cn2-c2ccc(S(C)(=O)=O)cc2)cc1Br. The maximum Gasteiger partial charge on any atom is 0.434 e. The molecule has 0 N–H and O–H groups in total. The highest BCUT2D eigenvalue weighted by Gasteiger charge is 2.35. The molecule has 0 saturated heterocycles. The maximum absolute atomic E-state index is 13.3. The second kappa shape index (κ2) is 7.77. The predicted octanol–water partition coefficient (Wildman–Crippen LogP) is 5.50. The molecule has 1 heterocycles. The maximum atomic E-state index is 13.3. The van der Waals surface area contributed by atoms with Crippen LogP contribution in [0.2, 0.25) is 0 Å². The van der Waals surface area contributed by atoms with Gasteiger partial charge in [0, 0.05) is 23.7 Å². The summed E-state index contributed by atoms with van der Waals surface area (Å²) < 4.78 is 70.8. The van der Waals surface area contributed by atoms with Crippen LogP contribution in [0.1, 0.15) is 5.69 Å². The molecule has 0 aliphatic rings. The third kappa shape index (κ3) is 4.51. The quantitative estimate of drug-likeness (QED) is 0.428. The van der Waals surface area contributed by atoms with Crippen molar-refractivity contribution in [2.75, 3.05) is 13.4 Å². The molecule has 0 unspecified atom stereocenters. The van der Waals surface area contributed by atoms with Gasteiger partial charge in [-0.2, -0.15) is 13.2 Å². The number of ether oxygens (including phenoxy) is 1. The minimum Gasteiger partial charge on any atom is -0.494 e. The van der Waals surface area contributed by atoms with Gasteiger partial charge in [-0.25, -0.2) is 13.4 Å². The van der Waals surface area contributed by atoms with Gasteiger partial charge in [-0.15, -0.1) is 0 Å². The van der Waals surface area contributed by atoms with Gasteiger partial charge in [0.2, 0.25) is 0 Å². The van der Waals surface area contributed by atoms with E-state index in [0.717, 1.165) is 12.5 Å². The van der Waals surface area contributed by atoms with Crippen molar-refractivity contribution in [3.63, 3.8) is 0 Å². The fraction of sp³-hybridized carbons (Fsp3) is 0.167. The first-order chi connectivity index (χ1) is 13.4. The zero-order valence-electron chi connectivity index (χ0n) is 15.0. The second-order valence-corrected chi connectivity index (χ2v) is 9.78. The van der Waals surface area contributed by atoms with E-state index in [4.69, 9.17) is 4.74 Å².